The number of nitrogens with one attached hydrogen (secondary N) is 1. The Bertz CT molecular complexity index is 323. The number of rotatable bonds is 8. The second-order valence-electron chi connectivity index (χ2n) is 4.79. The van der Waals surface area contributed by atoms with Crippen molar-refractivity contribution in [2.75, 3.05) is 45.7 Å². The first-order valence-electron chi connectivity index (χ1n) is 6.51. The minimum Gasteiger partial charge on any atom is -0.343 e. The summed E-state index contributed by atoms with van der Waals surface area (Å²) in [6.07, 6.45) is 4.94. The lowest BCUT2D eigenvalue weighted by molar-refractivity contribution is 0.415. The summed E-state index contributed by atoms with van der Waals surface area (Å²) in [4.78, 5) is 13.0. The summed E-state index contributed by atoms with van der Waals surface area (Å²) in [5, 5.41) is 3.34. The third kappa shape index (κ3) is 5.42. The Labute approximate surface area is 110 Å². The van der Waals surface area contributed by atoms with E-state index in [-0.39, 0.29) is 0 Å². The quantitative estimate of drug-likeness (QED) is 0.698. The second kappa shape index (κ2) is 8.00. The van der Waals surface area contributed by atoms with E-state index in [4.69, 9.17) is 0 Å². The van der Waals surface area contributed by atoms with Crippen molar-refractivity contribution in [3.05, 3.63) is 18.0 Å². The highest BCUT2D eigenvalue weighted by Crippen LogP contribution is 2.04. The van der Waals surface area contributed by atoms with Crippen LogP contribution in [0.15, 0.2) is 12.4 Å². The highest BCUT2D eigenvalue weighted by Gasteiger charge is 2.04. The smallest absolute Gasteiger partial charge is 0.225 e. The lowest BCUT2D eigenvalue weighted by Crippen LogP contribution is -2.29. The minimum atomic E-state index is 0.788. The lowest BCUT2D eigenvalue weighted by atomic mass is 10.3. The van der Waals surface area contributed by atoms with Crippen LogP contribution in [0.4, 0.5) is 5.95 Å². The number of likely N-dealkylation sites (N-methyl/N-ethyl adjacent to an activating group) is 2. The molecule has 1 aromatic heterocycles. The van der Waals surface area contributed by atoms with Gasteiger partial charge in [-0.2, -0.15) is 0 Å². The molecule has 0 bridgehead atoms. The predicted octanol–water partition coefficient (Wildman–Crippen LogP) is 0.974. The zero-order chi connectivity index (χ0) is 13.4. The second-order valence-corrected chi connectivity index (χ2v) is 4.79. The molecule has 0 fully saturated rings. The SMILES string of the molecule is CCCNCc1cnc(N(C)CCN(C)C)nc1. The Kier molecular flexibility index (Phi) is 6.60. The van der Waals surface area contributed by atoms with Crippen molar-refractivity contribution >= 4 is 5.95 Å². The van der Waals surface area contributed by atoms with Gasteiger partial charge in [0.1, 0.15) is 0 Å². The Morgan fingerprint density at radius 3 is 2.33 bits per heavy atom. The summed E-state index contributed by atoms with van der Waals surface area (Å²) >= 11 is 0. The van der Waals surface area contributed by atoms with Crippen LogP contribution in [0.3, 0.4) is 0 Å². The largest absolute Gasteiger partial charge is 0.343 e. The normalized spacial score (nSPS) is 10.9. The molecule has 1 rings (SSSR count). The number of nitrogens with zero attached hydrogens (tertiary/aromatic N) is 4. The fourth-order valence-corrected chi connectivity index (χ4v) is 1.50. The van der Waals surface area contributed by atoms with E-state index in [0.29, 0.717) is 0 Å². The molecule has 0 spiro atoms. The van der Waals surface area contributed by atoms with E-state index < -0.39 is 0 Å². The highest BCUT2D eigenvalue weighted by atomic mass is 15.2. The van der Waals surface area contributed by atoms with Crippen molar-refractivity contribution in [2.24, 2.45) is 0 Å². The molecule has 0 radical (unpaired) electrons. The third-order valence-corrected chi connectivity index (χ3v) is 2.67. The maximum Gasteiger partial charge on any atom is 0.225 e. The Balaban J connectivity index is 2.43. The molecule has 5 nitrogen and oxygen atoms in total. The molecule has 0 aliphatic heterocycles. The molecule has 102 valence electrons. The Morgan fingerprint density at radius 2 is 1.78 bits per heavy atom. The van der Waals surface area contributed by atoms with Gasteiger partial charge >= 0.3 is 0 Å². The van der Waals surface area contributed by atoms with E-state index in [0.717, 1.165) is 44.1 Å². The monoisotopic (exact) mass is 251 g/mol. The van der Waals surface area contributed by atoms with Gasteiger partial charge in [0.15, 0.2) is 0 Å². The lowest BCUT2D eigenvalue weighted by Gasteiger charge is -2.19. The van der Waals surface area contributed by atoms with Crippen LogP contribution in [0.1, 0.15) is 18.9 Å². The molecule has 5 heteroatoms. The van der Waals surface area contributed by atoms with Crippen LogP contribution in [-0.4, -0.2) is 55.6 Å². The number of aromatic nitrogens is 2. The van der Waals surface area contributed by atoms with Crippen molar-refractivity contribution in [3.63, 3.8) is 0 Å². The van der Waals surface area contributed by atoms with Gasteiger partial charge in [-0.1, -0.05) is 6.92 Å². The zero-order valence-electron chi connectivity index (χ0n) is 12.0. The van der Waals surface area contributed by atoms with Crippen molar-refractivity contribution in [2.45, 2.75) is 19.9 Å². The van der Waals surface area contributed by atoms with Gasteiger partial charge in [-0.25, -0.2) is 9.97 Å². The first-order chi connectivity index (χ1) is 8.63. The van der Waals surface area contributed by atoms with Crippen LogP contribution in [0, 0.1) is 0 Å². The van der Waals surface area contributed by atoms with E-state index >= 15 is 0 Å². The van der Waals surface area contributed by atoms with Gasteiger partial charge in [-0.3, -0.25) is 0 Å². The fraction of sp³-hybridized carbons (Fsp3) is 0.692. The van der Waals surface area contributed by atoms with E-state index in [1.165, 1.54) is 0 Å². The molecule has 0 aromatic carbocycles. The van der Waals surface area contributed by atoms with Crippen LogP contribution in [0.25, 0.3) is 0 Å². The summed E-state index contributed by atoms with van der Waals surface area (Å²) in [7, 11) is 6.15. The van der Waals surface area contributed by atoms with Gasteiger partial charge in [-0.05, 0) is 27.1 Å². The van der Waals surface area contributed by atoms with Gasteiger partial charge in [0.05, 0.1) is 0 Å². The average molecular weight is 251 g/mol. The molecule has 18 heavy (non-hydrogen) atoms. The van der Waals surface area contributed by atoms with E-state index in [1.54, 1.807) is 0 Å². The predicted molar refractivity (Wildman–Crippen MR) is 75.9 cm³/mol. The fourth-order valence-electron chi connectivity index (χ4n) is 1.50. The Morgan fingerprint density at radius 1 is 1.11 bits per heavy atom. The molecule has 0 saturated carbocycles. The van der Waals surface area contributed by atoms with Crippen molar-refractivity contribution < 1.29 is 0 Å². The number of anilines is 1. The average Bonchev–Trinajstić information content (AvgIpc) is 2.37. The highest BCUT2D eigenvalue weighted by molar-refractivity contribution is 5.28. The molecule has 0 saturated heterocycles. The van der Waals surface area contributed by atoms with E-state index in [1.807, 2.05) is 19.4 Å². The van der Waals surface area contributed by atoms with Gasteiger partial charge in [0.2, 0.25) is 5.95 Å². The molecule has 0 amide bonds. The van der Waals surface area contributed by atoms with Crippen LogP contribution < -0.4 is 10.2 Å². The summed E-state index contributed by atoms with van der Waals surface area (Å²) in [5.41, 5.74) is 1.13. The van der Waals surface area contributed by atoms with E-state index in [2.05, 4.69) is 46.1 Å². The zero-order valence-corrected chi connectivity index (χ0v) is 12.0. The Hall–Kier alpha value is -1.20. The molecular weight excluding hydrogens is 226 g/mol. The summed E-state index contributed by atoms with van der Waals surface area (Å²) in [5.74, 6) is 0.788. The van der Waals surface area contributed by atoms with Crippen LogP contribution >= 0.6 is 0 Å². The van der Waals surface area contributed by atoms with Crippen LogP contribution in [0.2, 0.25) is 0 Å². The third-order valence-electron chi connectivity index (χ3n) is 2.67. The molecule has 0 unspecified atom stereocenters. The summed E-state index contributed by atoms with van der Waals surface area (Å²) in [6, 6.07) is 0. The van der Waals surface area contributed by atoms with Gasteiger partial charge in [-0.15, -0.1) is 0 Å². The maximum atomic E-state index is 4.39. The maximum absolute atomic E-state index is 4.39. The molecular formula is C13H25N5. The summed E-state index contributed by atoms with van der Waals surface area (Å²) in [6.45, 7) is 5.96. The molecule has 1 heterocycles. The molecule has 0 aliphatic rings. The van der Waals surface area contributed by atoms with Crippen LogP contribution in [-0.2, 0) is 6.54 Å². The van der Waals surface area contributed by atoms with Crippen molar-refractivity contribution in [1.82, 2.24) is 20.2 Å². The van der Waals surface area contributed by atoms with Crippen molar-refractivity contribution in [1.29, 1.82) is 0 Å². The number of hydrogen-bond acceptors (Lipinski definition) is 5. The van der Waals surface area contributed by atoms with E-state index in [9.17, 15) is 0 Å². The molecule has 1 N–H and O–H groups in total. The van der Waals surface area contributed by atoms with Gasteiger partial charge < -0.3 is 15.1 Å². The minimum absolute atomic E-state index is 0.788. The van der Waals surface area contributed by atoms with Gasteiger partial charge in [0, 0.05) is 44.6 Å². The van der Waals surface area contributed by atoms with Gasteiger partial charge in [0.25, 0.3) is 0 Å². The standard InChI is InChI=1S/C13H25N5/c1-5-6-14-9-12-10-15-13(16-11-12)18(4)8-7-17(2)3/h10-11,14H,5-9H2,1-4H3. The molecule has 0 atom stereocenters. The first-order valence-corrected chi connectivity index (χ1v) is 6.51. The van der Waals surface area contributed by atoms with Crippen LogP contribution in [0.5, 0.6) is 0 Å². The topological polar surface area (TPSA) is 44.3 Å². The molecule has 1 aromatic rings. The number of hydrogen-bond donors (Lipinski definition) is 1. The molecule has 0 aliphatic carbocycles. The summed E-state index contributed by atoms with van der Waals surface area (Å²) < 4.78 is 0. The first kappa shape index (κ1) is 14.9. The van der Waals surface area contributed by atoms with Crippen molar-refractivity contribution in [3.8, 4) is 0 Å².